The minimum absolute atomic E-state index is 0.0526. The summed E-state index contributed by atoms with van der Waals surface area (Å²) < 4.78 is 0. The summed E-state index contributed by atoms with van der Waals surface area (Å²) in [5.41, 5.74) is 5.46. The van der Waals surface area contributed by atoms with E-state index in [-0.39, 0.29) is 5.91 Å². The van der Waals surface area contributed by atoms with Crippen molar-refractivity contribution in [3.63, 3.8) is 0 Å². The molecule has 1 amide bonds. The fourth-order valence-electron chi connectivity index (χ4n) is 3.11. The molecule has 2 aromatic carbocycles. The molecule has 0 aliphatic heterocycles. The van der Waals surface area contributed by atoms with Crippen molar-refractivity contribution in [1.29, 1.82) is 0 Å². The van der Waals surface area contributed by atoms with Crippen LogP contribution < -0.4 is 5.32 Å². The van der Waals surface area contributed by atoms with Gasteiger partial charge in [0.1, 0.15) is 0 Å². The summed E-state index contributed by atoms with van der Waals surface area (Å²) in [6.45, 7) is 2.59. The Balaban J connectivity index is 1.30. The van der Waals surface area contributed by atoms with Gasteiger partial charge in [0.15, 0.2) is 0 Å². The Kier molecular flexibility index (Phi) is 5.03. The zero-order chi connectivity index (χ0) is 18.6. The number of fused-ring (bicyclic) bond motifs is 1. The Morgan fingerprint density at radius 1 is 1.15 bits per heavy atom. The Hall–Kier alpha value is -2.92. The number of aromatic nitrogens is 2. The molecule has 0 bridgehead atoms. The number of carbonyl (C=O) groups excluding carboxylic acids is 1. The first-order valence-corrected chi connectivity index (χ1v) is 9.90. The summed E-state index contributed by atoms with van der Waals surface area (Å²) in [5, 5.41) is 7.23. The van der Waals surface area contributed by atoms with Crippen LogP contribution in [-0.4, -0.2) is 15.9 Å². The van der Waals surface area contributed by atoms with Crippen molar-refractivity contribution in [2.24, 2.45) is 0 Å². The molecule has 0 radical (unpaired) electrons. The second kappa shape index (κ2) is 7.76. The molecular formula is C22H21N3OS. The van der Waals surface area contributed by atoms with E-state index >= 15 is 0 Å². The molecule has 2 heterocycles. The maximum absolute atomic E-state index is 12.2. The molecule has 4 nitrogen and oxygen atoms in total. The number of H-pyrrole nitrogens is 1. The van der Waals surface area contributed by atoms with E-state index in [0.717, 1.165) is 33.0 Å². The van der Waals surface area contributed by atoms with Crippen LogP contribution in [0.15, 0.2) is 60.0 Å². The predicted octanol–water partition coefficient (Wildman–Crippen LogP) is 4.85. The number of benzene rings is 2. The van der Waals surface area contributed by atoms with Crippen molar-refractivity contribution in [3.05, 3.63) is 76.2 Å². The van der Waals surface area contributed by atoms with Gasteiger partial charge in [-0.05, 0) is 36.1 Å². The number of carbonyl (C=O) groups is 1. The van der Waals surface area contributed by atoms with E-state index in [2.05, 4.69) is 38.9 Å². The molecule has 0 unspecified atom stereocenters. The quantitative estimate of drug-likeness (QED) is 0.506. The second-order valence-corrected chi connectivity index (χ2v) is 7.59. The monoisotopic (exact) mass is 375 g/mol. The van der Waals surface area contributed by atoms with Crippen LogP contribution in [-0.2, 0) is 17.8 Å². The molecule has 0 aliphatic rings. The van der Waals surface area contributed by atoms with Gasteiger partial charge in [-0.15, -0.1) is 11.3 Å². The molecule has 2 aromatic heterocycles. The lowest BCUT2D eigenvalue weighted by Crippen LogP contribution is -2.22. The highest BCUT2D eigenvalue weighted by Crippen LogP contribution is 2.22. The third-order valence-electron chi connectivity index (χ3n) is 4.50. The number of nitrogens with zero attached hydrogens (tertiary/aromatic N) is 1. The third-order valence-corrected chi connectivity index (χ3v) is 5.41. The Morgan fingerprint density at radius 2 is 2.00 bits per heavy atom. The Bertz CT molecular complexity index is 1070. The van der Waals surface area contributed by atoms with Gasteiger partial charge in [-0.1, -0.05) is 36.4 Å². The zero-order valence-corrected chi connectivity index (χ0v) is 16.0. The van der Waals surface area contributed by atoms with E-state index in [4.69, 9.17) is 0 Å². The van der Waals surface area contributed by atoms with Crippen molar-refractivity contribution in [3.8, 4) is 11.3 Å². The fourth-order valence-corrected chi connectivity index (χ4v) is 3.92. The Labute approximate surface area is 162 Å². The molecule has 0 spiro atoms. The van der Waals surface area contributed by atoms with E-state index < -0.39 is 0 Å². The highest BCUT2D eigenvalue weighted by molar-refractivity contribution is 7.09. The average molecular weight is 375 g/mol. The van der Waals surface area contributed by atoms with Crippen LogP contribution in [0.5, 0.6) is 0 Å². The minimum Gasteiger partial charge on any atom is -0.359 e. The lowest BCUT2D eigenvalue weighted by atomic mass is 10.1. The first-order chi connectivity index (χ1) is 13.2. The van der Waals surface area contributed by atoms with E-state index in [0.29, 0.717) is 19.4 Å². The maximum atomic E-state index is 12.2. The number of aryl methyl sites for hydroxylation is 2. The number of thiazole rings is 1. The van der Waals surface area contributed by atoms with Gasteiger partial charge in [0.25, 0.3) is 0 Å². The third kappa shape index (κ3) is 4.26. The van der Waals surface area contributed by atoms with Gasteiger partial charge in [-0.25, -0.2) is 4.98 Å². The number of rotatable bonds is 6. The first kappa shape index (κ1) is 17.5. The van der Waals surface area contributed by atoms with Gasteiger partial charge >= 0.3 is 0 Å². The van der Waals surface area contributed by atoms with Crippen LogP contribution >= 0.6 is 11.3 Å². The van der Waals surface area contributed by atoms with Gasteiger partial charge < -0.3 is 10.3 Å². The van der Waals surface area contributed by atoms with Crippen molar-refractivity contribution >= 4 is 28.1 Å². The van der Waals surface area contributed by atoms with E-state index in [1.165, 1.54) is 5.39 Å². The van der Waals surface area contributed by atoms with Crippen molar-refractivity contribution in [2.45, 2.75) is 26.3 Å². The van der Waals surface area contributed by atoms with Crippen molar-refractivity contribution in [2.75, 3.05) is 0 Å². The molecule has 0 aliphatic carbocycles. The van der Waals surface area contributed by atoms with E-state index in [1.54, 1.807) is 11.3 Å². The van der Waals surface area contributed by atoms with Crippen molar-refractivity contribution < 1.29 is 4.79 Å². The Morgan fingerprint density at radius 3 is 2.85 bits per heavy atom. The summed E-state index contributed by atoms with van der Waals surface area (Å²) in [6, 6.07) is 18.5. The number of hydrogen-bond donors (Lipinski definition) is 2. The molecular weight excluding hydrogens is 354 g/mol. The summed E-state index contributed by atoms with van der Waals surface area (Å²) in [5.74, 6) is 0.0526. The van der Waals surface area contributed by atoms with Crippen LogP contribution in [0.3, 0.4) is 0 Å². The van der Waals surface area contributed by atoms with E-state index in [1.807, 2.05) is 43.3 Å². The summed E-state index contributed by atoms with van der Waals surface area (Å²) in [6.07, 6.45) is 1.12. The van der Waals surface area contributed by atoms with Crippen LogP contribution in [0, 0.1) is 6.92 Å². The molecule has 4 rings (SSSR count). The lowest BCUT2D eigenvalue weighted by molar-refractivity contribution is -0.121. The molecule has 4 aromatic rings. The standard InChI is InChI=1S/C22H21N3OS/c1-15-11-18-12-16(7-8-19(18)24-15)13-23-21(26)9-10-22-25-20(14-27-22)17-5-3-2-4-6-17/h2-8,11-12,14,24H,9-10,13H2,1H3,(H,23,26). The molecule has 0 saturated carbocycles. The van der Waals surface area contributed by atoms with Crippen LogP contribution in [0.4, 0.5) is 0 Å². The lowest BCUT2D eigenvalue weighted by Gasteiger charge is -2.05. The predicted molar refractivity (Wildman–Crippen MR) is 111 cm³/mol. The summed E-state index contributed by atoms with van der Waals surface area (Å²) >= 11 is 1.61. The molecule has 0 fully saturated rings. The minimum atomic E-state index is 0.0526. The first-order valence-electron chi connectivity index (χ1n) is 9.02. The smallest absolute Gasteiger partial charge is 0.220 e. The van der Waals surface area contributed by atoms with Gasteiger partial charge in [-0.3, -0.25) is 4.79 Å². The van der Waals surface area contributed by atoms with Crippen LogP contribution in [0.1, 0.15) is 22.7 Å². The number of nitrogens with one attached hydrogen (secondary N) is 2. The molecule has 0 saturated heterocycles. The summed E-state index contributed by atoms with van der Waals surface area (Å²) in [7, 11) is 0. The SMILES string of the molecule is Cc1cc2cc(CNC(=O)CCc3nc(-c4ccccc4)cs3)ccc2[nH]1. The fraction of sp³-hybridized carbons (Fsp3) is 0.182. The average Bonchev–Trinajstić information content (AvgIpc) is 3.30. The molecule has 5 heteroatoms. The van der Waals surface area contributed by atoms with Gasteiger partial charge in [0.05, 0.1) is 10.7 Å². The molecule has 0 atom stereocenters. The zero-order valence-electron chi connectivity index (χ0n) is 15.2. The number of amides is 1. The van der Waals surface area contributed by atoms with Gasteiger partial charge in [-0.2, -0.15) is 0 Å². The van der Waals surface area contributed by atoms with Gasteiger partial charge in [0.2, 0.25) is 5.91 Å². The normalized spacial score (nSPS) is 11.0. The molecule has 2 N–H and O–H groups in total. The molecule has 136 valence electrons. The topological polar surface area (TPSA) is 57.8 Å². The summed E-state index contributed by atoms with van der Waals surface area (Å²) in [4.78, 5) is 20.1. The number of hydrogen-bond acceptors (Lipinski definition) is 3. The van der Waals surface area contributed by atoms with E-state index in [9.17, 15) is 4.79 Å². The van der Waals surface area contributed by atoms with Gasteiger partial charge in [0, 0.05) is 41.5 Å². The highest BCUT2D eigenvalue weighted by Gasteiger charge is 2.08. The molecule has 27 heavy (non-hydrogen) atoms. The largest absolute Gasteiger partial charge is 0.359 e. The van der Waals surface area contributed by atoms with Crippen LogP contribution in [0.25, 0.3) is 22.2 Å². The second-order valence-electron chi connectivity index (χ2n) is 6.64. The number of aromatic amines is 1. The van der Waals surface area contributed by atoms with Crippen LogP contribution in [0.2, 0.25) is 0 Å². The van der Waals surface area contributed by atoms with Crippen molar-refractivity contribution in [1.82, 2.24) is 15.3 Å². The maximum Gasteiger partial charge on any atom is 0.220 e. The highest BCUT2D eigenvalue weighted by atomic mass is 32.1.